The van der Waals surface area contributed by atoms with Crippen molar-refractivity contribution in [3.63, 3.8) is 0 Å². The molecule has 1 aromatic rings. The van der Waals surface area contributed by atoms with Crippen molar-refractivity contribution < 1.29 is 14.7 Å². The summed E-state index contributed by atoms with van der Waals surface area (Å²) in [6.07, 6.45) is -0.889. The number of benzene rings is 1. The maximum Gasteiger partial charge on any atom is 0.407 e. The molecule has 110 valence electrons. The lowest BCUT2D eigenvalue weighted by Crippen LogP contribution is -2.45. The van der Waals surface area contributed by atoms with E-state index in [4.69, 9.17) is 39.8 Å². The number of nitrogens with zero attached hydrogens (tertiary/aromatic N) is 1. The van der Waals surface area contributed by atoms with Crippen LogP contribution in [0.1, 0.15) is 5.56 Å². The first-order valence-corrected chi connectivity index (χ1v) is 6.51. The molecule has 0 saturated carbocycles. The van der Waals surface area contributed by atoms with Gasteiger partial charge in [0.05, 0.1) is 0 Å². The zero-order valence-corrected chi connectivity index (χ0v) is 12.1. The van der Waals surface area contributed by atoms with Crippen molar-refractivity contribution in [2.45, 2.75) is 12.5 Å². The first kappa shape index (κ1) is 16.6. The van der Waals surface area contributed by atoms with Gasteiger partial charge in [-0.15, -0.1) is 0 Å². The third kappa shape index (κ3) is 5.24. The summed E-state index contributed by atoms with van der Waals surface area (Å²) in [6, 6.07) is 4.48. The molecule has 0 saturated heterocycles. The van der Waals surface area contributed by atoms with E-state index < -0.39 is 24.6 Å². The number of amides is 2. The van der Waals surface area contributed by atoms with Crippen LogP contribution in [0.3, 0.4) is 0 Å². The molecule has 0 aliphatic rings. The Bertz CT molecular complexity index is 511. The lowest BCUT2D eigenvalue weighted by atomic mass is 10.1. The van der Waals surface area contributed by atoms with Gasteiger partial charge in [-0.1, -0.05) is 29.3 Å². The highest BCUT2D eigenvalue weighted by molar-refractivity contribution is 6.35. The Labute approximate surface area is 126 Å². The average molecular weight is 320 g/mol. The zero-order chi connectivity index (χ0) is 15.3. The third-order valence-electron chi connectivity index (χ3n) is 2.57. The molecule has 0 bridgehead atoms. The molecule has 1 atom stereocenters. The second kappa shape index (κ2) is 7.33. The lowest BCUT2D eigenvalue weighted by Gasteiger charge is -2.22. The normalized spacial score (nSPS) is 11.9. The fourth-order valence-corrected chi connectivity index (χ4v) is 2.20. The summed E-state index contributed by atoms with van der Waals surface area (Å²) in [7, 11) is 0. The average Bonchev–Trinajstić information content (AvgIpc) is 2.31. The van der Waals surface area contributed by atoms with E-state index in [1.807, 2.05) is 0 Å². The maximum absolute atomic E-state index is 11.0. The Balaban J connectivity index is 2.67. The van der Waals surface area contributed by atoms with Crippen LogP contribution in [0.5, 0.6) is 0 Å². The standard InChI is InChI=1S/C12H15Cl2N3O3/c13-8-2-1-7(10(14)4-8)3-9(15)5-17(12(19)20)6-11(16)18/h1-2,4,9H,3,5-6,15H2,(H2,16,18)(H,19,20). The Morgan fingerprint density at radius 1 is 1.35 bits per heavy atom. The van der Waals surface area contributed by atoms with Gasteiger partial charge in [-0.05, 0) is 24.1 Å². The molecule has 0 aromatic heterocycles. The molecule has 1 rings (SSSR count). The second-order valence-electron chi connectivity index (χ2n) is 4.33. The minimum absolute atomic E-state index is 0.0166. The van der Waals surface area contributed by atoms with Crippen LogP contribution in [0, 0.1) is 0 Å². The van der Waals surface area contributed by atoms with E-state index in [0.29, 0.717) is 16.5 Å². The molecule has 20 heavy (non-hydrogen) atoms. The summed E-state index contributed by atoms with van der Waals surface area (Å²) in [6.45, 7) is -0.408. The molecular formula is C12H15Cl2N3O3. The van der Waals surface area contributed by atoms with E-state index in [0.717, 1.165) is 10.5 Å². The van der Waals surface area contributed by atoms with Crippen LogP contribution in [0.2, 0.25) is 10.0 Å². The summed E-state index contributed by atoms with van der Waals surface area (Å²) < 4.78 is 0. The van der Waals surface area contributed by atoms with Crippen molar-refractivity contribution in [1.29, 1.82) is 0 Å². The molecule has 5 N–H and O–H groups in total. The molecular weight excluding hydrogens is 305 g/mol. The van der Waals surface area contributed by atoms with Crippen LogP contribution >= 0.6 is 23.2 Å². The van der Waals surface area contributed by atoms with Gasteiger partial charge in [0, 0.05) is 22.6 Å². The van der Waals surface area contributed by atoms with E-state index in [1.165, 1.54) is 0 Å². The number of hydrogen-bond acceptors (Lipinski definition) is 3. The van der Waals surface area contributed by atoms with E-state index >= 15 is 0 Å². The quantitative estimate of drug-likeness (QED) is 0.734. The Hall–Kier alpha value is -1.50. The smallest absolute Gasteiger partial charge is 0.407 e. The summed E-state index contributed by atoms with van der Waals surface area (Å²) in [4.78, 5) is 22.6. The lowest BCUT2D eigenvalue weighted by molar-refractivity contribution is -0.118. The summed E-state index contributed by atoms with van der Waals surface area (Å²) >= 11 is 11.8. The van der Waals surface area contributed by atoms with Crippen LogP contribution in [0.4, 0.5) is 4.79 Å². The van der Waals surface area contributed by atoms with Gasteiger partial charge in [0.2, 0.25) is 5.91 Å². The molecule has 2 amide bonds. The van der Waals surface area contributed by atoms with E-state index in [-0.39, 0.29) is 6.54 Å². The van der Waals surface area contributed by atoms with E-state index in [9.17, 15) is 9.59 Å². The number of carboxylic acid groups (broad SMARTS) is 1. The number of nitrogens with two attached hydrogens (primary N) is 2. The zero-order valence-electron chi connectivity index (χ0n) is 10.6. The minimum Gasteiger partial charge on any atom is -0.465 e. The van der Waals surface area contributed by atoms with Crippen molar-refractivity contribution in [1.82, 2.24) is 4.90 Å². The van der Waals surface area contributed by atoms with Gasteiger partial charge in [0.15, 0.2) is 0 Å². The predicted molar refractivity (Wildman–Crippen MR) is 76.9 cm³/mol. The Morgan fingerprint density at radius 3 is 2.50 bits per heavy atom. The molecule has 1 unspecified atom stereocenters. The van der Waals surface area contributed by atoms with Crippen LogP contribution in [-0.2, 0) is 11.2 Å². The number of hydrogen-bond donors (Lipinski definition) is 3. The third-order valence-corrected chi connectivity index (χ3v) is 3.16. The Kier molecular flexibility index (Phi) is 6.06. The molecule has 6 nitrogen and oxygen atoms in total. The summed E-state index contributed by atoms with van der Waals surface area (Å²) in [5, 5.41) is 9.92. The van der Waals surface area contributed by atoms with Crippen LogP contribution in [-0.4, -0.2) is 41.1 Å². The molecule has 0 spiro atoms. The first-order valence-electron chi connectivity index (χ1n) is 5.75. The van der Waals surface area contributed by atoms with Gasteiger partial charge in [-0.3, -0.25) is 9.69 Å². The molecule has 0 aliphatic carbocycles. The highest BCUT2D eigenvalue weighted by Crippen LogP contribution is 2.22. The number of carbonyl (C=O) groups is 2. The fraction of sp³-hybridized carbons (Fsp3) is 0.333. The van der Waals surface area contributed by atoms with Crippen LogP contribution in [0.25, 0.3) is 0 Å². The molecule has 0 fully saturated rings. The molecule has 1 aromatic carbocycles. The van der Waals surface area contributed by atoms with Crippen molar-refractivity contribution in [2.24, 2.45) is 11.5 Å². The van der Waals surface area contributed by atoms with Crippen molar-refractivity contribution >= 4 is 35.2 Å². The number of primary amides is 1. The highest BCUT2D eigenvalue weighted by Gasteiger charge is 2.18. The summed E-state index contributed by atoms with van der Waals surface area (Å²) in [5.74, 6) is -0.732. The molecule has 0 radical (unpaired) electrons. The van der Waals surface area contributed by atoms with Gasteiger partial charge in [0.25, 0.3) is 0 Å². The van der Waals surface area contributed by atoms with E-state index in [1.54, 1.807) is 18.2 Å². The summed E-state index contributed by atoms with van der Waals surface area (Å²) in [5.41, 5.74) is 11.6. The van der Waals surface area contributed by atoms with Crippen molar-refractivity contribution in [2.75, 3.05) is 13.1 Å². The van der Waals surface area contributed by atoms with Crippen LogP contribution < -0.4 is 11.5 Å². The number of halogens is 2. The van der Waals surface area contributed by atoms with Crippen molar-refractivity contribution in [3.05, 3.63) is 33.8 Å². The monoisotopic (exact) mass is 319 g/mol. The van der Waals surface area contributed by atoms with Gasteiger partial charge in [-0.2, -0.15) is 0 Å². The minimum atomic E-state index is -1.25. The SMILES string of the molecule is NC(=O)CN(CC(N)Cc1ccc(Cl)cc1Cl)C(=O)O. The number of rotatable bonds is 6. The molecule has 8 heteroatoms. The van der Waals surface area contributed by atoms with Gasteiger partial charge < -0.3 is 16.6 Å². The highest BCUT2D eigenvalue weighted by atomic mass is 35.5. The van der Waals surface area contributed by atoms with Gasteiger partial charge in [-0.25, -0.2) is 4.79 Å². The topological polar surface area (TPSA) is 110 Å². The maximum atomic E-state index is 11.0. The first-order chi connectivity index (χ1) is 9.29. The fourth-order valence-electron chi connectivity index (χ4n) is 1.72. The van der Waals surface area contributed by atoms with Crippen LogP contribution in [0.15, 0.2) is 18.2 Å². The van der Waals surface area contributed by atoms with Crippen molar-refractivity contribution in [3.8, 4) is 0 Å². The van der Waals surface area contributed by atoms with Gasteiger partial charge >= 0.3 is 6.09 Å². The second-order valence-corrected chi connectivity index (χ2v) is 5.17. The predicted octanol–water partition coefficient (Wildman–Crippen LogP) is 1.33. The molecule has 0 heterocycles. The largest absolute Gasteiger partial charge is 0.465 e. The molecule has 0 aliphatic heterocycles. The van der Waals surface area contributed by atoms with Gasteiger partial charge in [0.1, 0.15) is 6.54 Å². The van der Waals surface area contributed by atoms with E-state index in [2.05, 4.69) is 0 Å². The Morgan fingerprint density at radius 2 is 2.00 bits per heavy atom. The number of carbonyl (C=O) groups excluding carboxylic acids is 1.